The zero-order valence-corrected chi connectivity index (χ0v) is 10.9. The predicted octanol–water partition coefficient (Wildman–Crippen LogP) is 0.936. The van der Waals surface area contributed by atoms with Crippen LogP contribution >= 0.6 is 0 Å². The maximum Gasteiger partial charge on any atom is 0.410 e. The molecule has 100 valence electrons. The Morgan fingerprint density at radius 2 is 2.11 bits per heavy atom. The second-order valence-corrected chi connectivity index (χ2v) is 6.08. The number of aryl methyl sites for hydroxylation is 1. The molecule has 8 heteroatoms. The first-order chi connectivity index (χ1) is 8.28. The van der Waals surface area contributed by atoms with Crippen LogP contribution in [0.1, 0.15) is 5.69 Å². The first-order valence-corrected chi connectivity index (χ1v) is 7.23. The normalized spacial score (nSPS) is 11.0. The van der Waals surface area contributed by atoms with E-state index in [4.69, 9.17) is 5.11 Å². The van der Waals surface area contributed by atoms with Crippen molar-refractivity contribution in [1.29, 1.82) is 0 Å². The number of hydrogen-bond donors (Lipinski definition) is 3. The van der Waals surface area contributed by atoms with Gasteiger partial charge in [-0.05, 0) is 19.1 Å². The van der Waals surface area contributed by atoms with Crippen LogP contribution in [-0.4, -0.2) is 43.2 Å². The first-order valence-electron chi connectivity index (χ1n) is 5.17. The first kappa shape index (κ1) is 14.2. The van der Waals surface area contributed by atoms with Crippen LogP contribution in [0.3, 0.4) is 0 Å². The Morgan fingerprint density at radius 3 is 2.61 bits per heavy atom. The summed E-state index contributed by atoms with van der Waals surface area (Å²) in [5.74, 6) is 0.260. The van der Waals surface area contributed by atoms with Crippen LogP contribution in [0.25, 0.3) is 0 Å². The molecule has 0 fully saturated rings. The van der Waals surface area contributed by atoms with Crippen molar-refractivity contribution >= 4 is 27.4 Å². The zero-order chi connectivity index (χ0) is 13.8. The van der Waals surface area contributed by atoms with E-state index in [0.717, 1.165) is 0 Å². The summed E-state index contributed by atoms with van der Waals surface area (Å²) < 4.78 is 21.9. The summed E-state index contributed by atoms with van der Waals surface area (Å²) in [6.45, 7) is 1.99. The van der Waals surface area contributed by atoms with Gasteiger partial charge in [-0.1, -0.05) is 0 Å². The number of amides is 1. The number of carbonyl (C=O) groups is 1. The van der Waals surface area contributed by atoms with Crippen molar-refractivity contribution in [3.05, 3.63) is 17.8 Å². The van der Waals surface area contributed by atoms with E-state index >= 15 is 0 Å². The van der Waals surface area contributed by atoms with Gasteiger partial charge in [0.15, 0.2) is 0 Å². The molecule has 3 N–H and O–H groups in total. The Labute approximate surface area is 105 Å². The highest BCUT2D eigenvalue weighted by atomic mass is 32.2. The van der Waals surface area contributed by atoms with Gasteiger partial charge in [-0.2, -0.15) is 0 Å². The summed E-state index contributed by atoms with van der Waals surface area (Å²) in [5.41, 5.74) is 1.27. The molecular weight excluding hydrogens is 258 g/mol. The molecule has 1 aromatic rings. The van der Waals surface area contributed by atoms with E-state index in [-0.39, 0.29) is 18.1 Å². The molecule has 7 nitrogen and oxygen atoms in total. The lowest BCUT2D eigenvalue weighted by atomic mass is 10.3. The highest BCUT2D eigenvalue weighted by Gasteiger charge is 2.05. The number of pyridine rings is 1. The summed E-state index contributed by atoms with van der Waals surface area (Å²) in [5, 5.41) is 13.6. The molecule has 1 amide bonds. The van der Waals surface area contributed by atoms with Gasteiger partial charge in [0.25, 0.3) is 0 Å². The summed E-state index contributed by atoms with van der Waals surface area (Å²) >= 11 is 0. The molecule has 0 aliphatic carbocycles. The summed E-state index contributed by atoms with van der Waals surface area (Å²) in [4.78, 5) is 14.4. The van der Waals surface area contributed by atoms with Crippen molar-refractivity contribution in [3.63, 3.8) is 0 Å². The van der Waals surface area contributed by atoms with Crippen molar-refractivity contribution in [1.82, 2.24) is 4.98 Å². The number of rotatable bonds is 5. The fraction of sp³-hybridized carbons (Fsp3) is 0.400. The van der Waals surface area contributed by atoms with Crippen molar-refractivity contribution in [2.45, 2.75) is 6.92 Å². The van der Waals surface area contributed by atoms with Crippen molar-refractivity contribution in [2.75, 3.05) is 29.2 Å². The van der Waals surface area contributed by atoms with Crippen LogP contribution in [0.15, 0.2) is 12.1 Å². The SMILES string of the molecule is Cc1nc(NC(=O)O)ccc1NCCS(C)(=O)=O. The van der Waals surface area contributed by atoms with Crippen LogP contribution in [0.5, 0.6) is 0 Å². The molecule has 0 aromatic carbocycles. The number of aromatic nitrogens is 1. The minimum atomic E-state index is -3.00. The number of nitrogens with one attached hydrogen (secondary N) is 2. The van der Waals surface area contributed by atoms with E-state index in [9.17, 15) is 13.2 Å². The average molecular weight is 273 g/mol. The number of sulfone groups is 1. The van der Waals surface area contributed by atoms with E-state index in [0.29, 0.717) is 11.4 Å². The number of carboxylic acid groups (broad SMARTS) is 1. The van der Waals surface area contributed by atoms with Gasteiger partial charge in [0, 0.05) is 12.8 Å². The molecule has 1 rings (SSSR count). The lowest BCUT2D eigenvalue weighted by Gasteiger charge is -2.09. The van der Waals surface area contributed by atoms with Gasteiger partial charge >= 0.3 is 6.09 Å². The molecule has 0 radical (unpaired) electrons. The lowest BCUT2D eigenvalue weighted by molar-refractivity contribution is 0.209. The predicted molar refractivity (Wildman–Crippen MR) is 68.8 cm³/mol. The van der Waals surface area contributed by atoms with E-state index in [1.165, 1.54) is 12.3 Å². The smallest absolute Gasteiger partial charge is 0.410 e. The van der Waals surface area contributed by atoms with Crippen LogP contribution in [0.2, 0.25) is 0 Å². The van der Waals surface area contributed by atoms with Gasteiger partial charge in [0.1, 0.15) is 15.7 Å². The molecule has 0 atom stereocenters. The Morgan fingerprint density at radius 1 is 1.44 bits per heavy atom. The quantitative estimate of drug-likeness (QED) is 0.736. The summed E-state index contributed by atoms with van der Waals surface area (Å²) in [7, 11) is -3.00. The van der Waals surface area contributed by atoms with Crippen LogP contribution in [0, 0.1) is 6.92 Å². The van der Waals surface area contributed by atoms with E-state index in [1.54, 1.807) is 13.0 Å². The summed E-state index contributed by atoms with van der Waals surface area (Å²) in [6, 6.07) is 3.15. The maximum absolute atomic E-state index is 11.0. The third kappa shape index (κ3) is 5.00. The molecular formula is C10H15N3O4S. The number of hydrogen-bond acceptors (Lipinski definition) is 5. The zero-order valence-electron chi connectivity index (χ0n) is 10.1. The molecule has 1 aromatic heterocycles. The van der Waals surface area contributed by atoms with Gasteiger partial charge in [0.05, 0.1) is 17.1 Å². The molecule has 0 bridgehead atoms. The van der Waals surface area contributed by atoms with E-state index in [2.05, 4.69) is 15.6 Å². The molecule has 0 unspecified atom stereocenters. The van der Waals surface area contributed by atoms with Gasteiger partial charge in [-0.3, -0.25) is 5.32 Å². The Hall–Kier alpha value is -1.83. The molecule has 1 heterocycles. The molecule has 0 aliphatic heterocycles. The Balaban J connectivity index is 2.65. The second-order valence-electron chi connectivity index (χ2n) is 3.82. The monoisotopic (exact) mass is 273 g/mol. The number of anilines is 2. The Kier molecular flexibility index (Phi) is 4.49. The largest absolute Gasteiger partial charge is 0.465 e. The third-order valence-corrected chi connectivity index (χ3v) is 3.05. The van der Waals surface area contributed by atoms with E-state index in [1.807, 2.05) is 0 Å². The average Bonchev–Trinajstić information content (AvgIpc) is 2.18. The topological polar surface area (TPSA) is 108 Å². The van der Waals surface area contributed by atoms with E-state index < -0.39 is 15.9 Å². The molecule has 0 aliphatic rings. The Bertz CT molecular complexity index is 542. The molecule has 0 spiro atoms. The lowest BCUT2D eigenvalue weighted by Crippen LogP contribution is -2.15. The van der Waals surface area contributed by atoms with Gasteiger partial charge in [-0.25, -0.2) is 18.2 Å². The third-order valence-electron chi connectivity index (χ3n) is 2.11. The van der Waals surface area contributed by atoms with Gasteiger partial charge in [0.2, 0.25) is 0 Å². The molecule has 18 heavy (non-hydrogen) atoms. The highest BCUT2D eigenvalue weighted by molar-refractivity contribution is 7.90. The highest BCUT2D eigenvalue weighted by Crippen LogP contribution is 2.15. The van der Waals surface area contributed by atoms with Crippen LogP contribution in [0.4, 0.5) is 16.3 Å². The van der Waals surface area contributed by atoms with Crippen molar-refractivity contribution in [2.24, 2.45) is 0 Å². The minimum Gasteiger partial charge on any atom is -0.465 e. The van der Waals surface area contributed by atoms with Crippen molar-refractivity contribution in [3.8, 4) is 0 Å². The molecule has 0 saturated heterocycles. The van der Waals surface area contributed by atoms with Crippen LogP contribution in [-0.2, 0) is 9.84 Å². The standard InChI is InChI=1S/C10H15N3O4S/c1-7-8(11-5-6-18(2,16)17)3-4-9(12-7)13-10(14)15/h3-4,11H,5-6H2,1-2H3,(H,12,13)(H,14,15). The minimum absolute atomic E-state index is 0.0293. The maximum atomic E-state index is 11.0. The second kappa shape index (κ2) is 5.67. The fourth-order valence-electron chi connectivity index (χ4n) is 1.30. The van der Waals surface area contributed by atoms with Crippen molar-refractivity contribution < 1.29 is 18.3 Å². The van der Waals surface area contributed by atoms with Gasteiger partial charge < -0.3 is 10.4 Å². The number of nitrogens with zero attached hydrogens (tertiary/aromatic N) is 1. The van der Waals surface area contributed by atoms with Crippen LogP contribution < -0.4 is 10.6 Å². The van der Waals surface area contributed by atoms with Gasteiger partial charge in [-0.15, -0.1) is 0 Å². The fourth-order valence-corrected chi connectivity index (χ4v) is 1.77. The summed E-state index contributed by atoms with van der Waals surface area (Å²) in [6.07, 6.45) is -0.0145. The molecule has 0 saturated carbocycles.